The van der Waals surface area contributed by atoms with Gasteiger partial charge in [-0.2, -0.15) is 9.97 Å². The van der Waals surface area contributed by atoms with Crippen LogP contribution >= 0.6 is 0 Å². The molecular weight excluding hydrogens is 452 g/mol. The molecule has 0 unspecified atom stereocenters. The van der Waals surface area contributed by atoms with Crippen LogP contribution in [0.25, 0.3) is 0 Å². The number of hydrogen-bond acceptors (Lipinski definition) is 8. The number of nitrogens with one attached hydrogen (secondary N) is 1. The third-order valence-electron chi connectivity index (χ3n) is 6.99. The average Bonchev–Trinajstić information content (AvgIpc) is 2.94. The van der Waals surface area contributed by atoms with Gasteiger partial charge in [0.05, 0.1) is 19.9 Å². The summed E-state index contributed by atoms with van der Waals surface area (Å²) >= 11 is 0. The van der Waals surface area contributed by atoms with E-state index in [2.05, 4.69) is 63.3 Å². The number of rotatable bonds is 7. The van der Waals surface area contributed by atoms with E-state index in [4.69, 9.17) is 19.4 Å². The molecule has 0 spiro atoms. The Hall–Kier alpha value is -3.68. The van der Waals surface area contributed by atoms with Gasteiger partial charge in [-0.3, -0.25) is 0 Å². The van der Waals surface area contributed by atoms with Crippen LogP contribution in [0.2, 0.25) is 0 Å². The summed E-state index contributed by atoms with van der Waals surface area (Å²) in [5.74, 6) is 4.26. The van der Waals surface area contributed by atoms with Gasteiger partial charge in [0.1, 0.15) is 23.1 Å². The number of piperidine rings is 1. The van der Waals surface area contributed by atoms with Crippen LogP contribution in [0, 0.1) is 6.92 Å². The molecule has 2 aliphatic rings. The average molecular weight is 489 g/mol. The molecule has 2 saturated heterocycles. The molecule has 36 heavy (non-hydrogen) atoms. The third-order valence-corrected chi connectivity index (χ3v) is 6.99. The van der Waals surface area contributed by atoms with E-state index in [-0.39, 0.29) is 0 Å². The molecule has 0 amide bonds. The summed E-state index contributed by atoms with van der Waals surface area (Å²) in [5, 5.41) is 3.51. The molecule has 3 aromatic rings. The molecule has 0 atom stereocenters. The molecule has 5 rings (SSSR count). The van der Waals surface area contributed by atoms with Crippen LogP contribution in [0.4, 0.5) is 29.0 Å². The lowest BCUT2D eigenvalue weighted by molar-refractivity contribution is 0.394. The summed E-state index contributed by atoms with van der Waals surface area (Å²) in [4.78, 5) is 17.0. The molecule has 2 aliphatic heterocycles. The van der Waals surface area contributed by atoms with E-state index in [0.717, 1.165) is 79.7 Å². The maximum absolute atomic E-state index is 5.64. The predicted octanol–water partition coefficient (Wildman–Crippen LogP) is 4.86. The Morgan fingerprint density at radius 2 is 1.44 bits per heavy atom. The highest BCUT2D eigenvalue weighted by molar-refractivity contribution is 5.64. The van der Waals surface area contributed by atoms with E-state index in [9.17, 15) is 0 Å². The van der Waals surface area contributed by atoms with E-state index < -0.39 is 0 Å². The van der Waals surface area contributed by atoms with E-state index in [0.29, 0.717) is 0 Å². The molecule has 1 N–H and O–H groups in total. The molecule has 0 aliphatic carbocycles. The van der Waals surface area contributed by atoms with Crippen LogP contribution < -0.4 is 29.5 Å². The first-order valence-corrected chi connectivity index (χ1v) is 12.8. The summed E-state index contributed by atoms with van der Waals surface area (Å²) in [5.41, 5.74) is 3.36. The number of aryl methyl sites for hydroxylation is 1. The van der Waals surface area contributed by atoms with Crippen molar-refractivity contribution in [3.05, 3.63) is 54.1 Å². The van der Waals surface area contributed by atoms with Crippen molar-refractivity contribution in [1.82, 2.24) is 9.97 Å². The lowest BCUT2D eigenvalue weighted by atomic mass is 10.1. The Balaban J connectivity index is 1.36. The molecule has 2 aromatic carbocycles. The van der Waals surface area contributed by atoms with Crippen molar-refractivity contribution in [3.8, 4) is 11.5 Å². The van der Waals surface area contributed by atoms with Gasteiger partial charge in [-0.15, -0.1) is 0 Å². The maximum atomic E-state index is 5.64. The van der Waals surface area contributed by atoms with Crippen molar-refractivity contribution in [1.29, 1.82) is 0 Å². The molecule has 0 radical (unpaired) electrons. The highest BCUT2D eigenvalue weighted by Crippen LogP contribution is 2.33. The fourth-order valence-electron chi connectivity index (χ4n) is 4.89. The van der Waals surface area contributed by atoms with Gasteiger partial charge in [-0.1, -0.05) is 17.7 Å². The van der Waals surface area contributed by atoms with Gasteiger partial charge in [0.2, 0.25) is 5.95 Å². The van der Waals surface area contributed by atoms with Gasteiger partial charge < -0.3 is 29.5 Å². The molecule has 1 aromatic heterocycles. The van der Waals surface area contributed by atoms with Crippen LogP contribution in [0.15, 0.2) is 48.5 Å². The fraction of sp³-hybridized carbons (Fsp3) is 0.429. The minimum atomic E-state index is 0.786. The number of methoxy groups -OCH3 is 2. The number of anilines is 5. The molecule has 3 heterocycles. The quantitative estimate of drug-likeness (QED) is 0.506. The standard InChI is InChI=1S/C28H36N6O2/c1-21-7-9-22(10-8-21)29-26-20-27(33-13-5-4-6-14-33)31-28(30-26)34-17-15-32(16-18-34)24-12-11-23(35-2)19-25(24)36-3/h7-12,19-20H,4-6,13-18H2,1-3H3,(H,29,30,31). The molecule has 8 nitrogen and oxygen atoms in total. The summed E-state index contributed by atoms with van der Waals surface area (Å²) in [6.07, 6.45) is 3.71. The number of aromatic nitrogens is 2. The Bertz CT molecular complexity index is 1160. The lowest BCUT2D eigenvalue weighted by Crippen LogP contribution is -2.47. The minimum absolute atomic E-state index is 0.786. The molecule has 0 bridgehead atoms. The van der Waals surface area contributed by atoms with Gasteiger partial charge in [0, 0.05) is 57.1 Å². The molecule has 8 heteroatoms. The number of ether oxygens (including phenoxy) is 2. The first-order chi connectivity index (χ1) is 17.6. The van der Waals surface area contributed by atoms with Crippen molar-refractivity contribution in [2.75, 3.05) is 73.5 Å². The summed E-state index contributed by atoms with van der Waals surface area (Å²) in [6.45, 7) is 7.59. The molecule has 0 saturated carbocycles. The monoisotopic (exact) mass is 488 g/mol. The SMILES string of the molecule is COc1ccc(N2CCN(c3nc(Nc4ccc(C)cc4)cc(N4CCCCC4)n3)CC2)c(OC)c1. The van der Waals surface area contributed by atoms with E-state index >= 15 is 0 Å². The zero-order valence-corrected chi connectivity index (χ0v) is 21.5. The van der Waals surface area contributed by atoms with Crippen LogP contribution in [-0.4, -0.2) is 63.5 Å². The summed E-state index contributed by atoms with van der Waals surface area (Å²) in [7, 11) is 3.38. The topological polar surface area (TPSA) is 66.0 Å². The largest absolute Gasteiger partial charge is 0.497 e. The van der Waals surface area contributed by atoms with Crippen molar-refractivity contribution in [2.24, 2.45) is 0 Å². The third kappa shape index (κ3) is 5.42. The normalized spacial score (nSPS) is 16.1. The Labute approximate surface area is 213 Å². The van der Waals surface area contributed by atoms with Gasteiger partial charge in [0.25, 0.3) is 0 Å². The van der Waals surface area contributed by atoms with Gasteiger partial charge in [-0.05, 0) is 50.5 Å². The molecule has 2 fully saturated rings. The Morgan fingerprint density at radius 1 is 0.722 bits per heavy atom. The highest BCUT2D eigenvalue weighted by Gasteiger charge is 2.24. The van der Waals surface area contributed by atoms with Crippen molar-refractivity contribution >= 4 is 29.0 Å². The lowest BCUT2D eigenvalue weighted by Gasteiger charge is -2.37. The Kier molecular flexibility index (Phi) is 7.30. The zero-order valence-electron chi connectivity index (χ0n) is 21.5. The second-order valence-corrected chi connectivity index (χ2v) is 9.46. The van der Waals surface area contributed by atoms with Gasteiger partial charge in [-0.25, -0.2) is 0 Å². The number of piperazine rings is 1. The van der Waals surface area contributed by atoms with Crippen molar-refractivity contribution < 1.29 is 9.47 Å². The number of nitrogens with zero attached hydrogens (tertiary/aromatic N) is 5. The smallest absolute Gasteiger partial charge is 0.229 e. The van der Waals surface area contributed by atoms with Crippen LogP contribution in [0.1, 0.15) is 24.8 Å². The predicted molar refractivity (Wildman–Crippen MR) is 147 cm³/mol. The second-order valence-electron chi connectivity index (χ2n) is 9.46. The van der Waals surface area contributed by atoms with E-state index in [1.54, 1.807) is 14.2 Å². The molecule has 190 valence electrons. The number of benzene rings is 2. The fourth-order valence-corrected chi connectivity index (χ4v) is 4.89. The summed E-state index contributed by atoms with van der Waals surface area (Å²) < 4.78 is 11.0. The van der Waals surface area contributed by atoms with Crippen molar-refractivity contribution in [2.45, 2.75) is 26.2 Å². The minimum Gasteiger partial charge on any atom is -0.497 e. The van der Waals surface area contributed by atoms with Crippen molar-refractivity contribution in [3.63, 3.8) is 0 Å². The van der Waals surface area contributed by atoms with Gasteiger partial charge >= 0.3 is 0 Å². The molecular formula is C28H36N6O2. The van der Waals surface area contributed by atoms with E-state index in [1.165, 1.54) is 24.8 Å². The van der Waals surface area contributed by atoms with Gasteiger partial charge in [0.15, 0.2) is 0 Å². The van der Waals surface area contributed by atoms with E-state index in [1.807, 2.05) is 12.1 Å². The zero-order chi connectivity index (χ0) is 24.9. The first kappa shape index (κ1) is 24.0. The highest BCUT2D eigenvalue weighted by atomic mass is 16.5. The van der Waals surface area contributed by atoms with Crippen LogP contribution in [0.3, 0.4) is 0 Å². The van der Waals surface area contributed by atoms with Crippen LogP contribution in [-0.2, 0) is 0 Å². The maximum Gasteiger partial charge on any atom is 0.229 e. The Morgan fingerprint density at radius 3 is 2.14 bits per heavy atom. The summed E-state index contributed by atoms with van der Waals surface area (Å²) in [6, 6.07) is 16.5. The first-order valence-electron chi connectivity index (χ1n) is 12.8. The van der Waals surface area contributed by atoms with Crippen LogP contribution in [0.5, 0.6) is 11.5 Å². The second kappa shape index (κ2) is 10.9. The number of hydrogen-bond donors (Lipinski definition) is 1.